The number of aromatic nitrogens is 3. The second kappa shape index (κ2) is 9.92. The molecule has 208 valence electrons. The molecule has 44 heavy (non-hydrogen) atoms. The molecule has 2 aliphatic rings. The Labute approximate surface area is 255 Å². The smallest absolute Gasteiger partial charge is 0.230 e. The Balaban J connectivity index is 1.24. The molecule has 0 amide bonds. The number of allylic oxidation sites excluding steroid dienone is 2. The molecule has 2 unspecified atom stereocenters. The monoisotopic (exact) mass is 564 g/mol. The maximum absolute atomic E-state index is 4.92. The molecule has 0 saturated heterocycles. The van der Waals surface area contributed by atoms with E-state index in [0.29, 0.717) is 5.95 Å². The predicted molar refractivity (Wildman–Crippen MR) is 181 cm³/mol. The summed E-state index contributed by atoms with van der Waals surface area (Å²) in [5, 5.41) is 2.52. The summed E-state index contributed by atoms with van der Waals surface area (Å²) in [6.07, 6.45) is 12.8. The van der Waals surface area contributed by atoms with Crippen molar-refractivity contribution >= 4 is 33.4 Å². The maximum atomic E-state index is 4.92. The van der Waals surface area contributed by atoms with Gasteiger partial charge in [0.25, 0.3) is 0 Å². The Morgan fingerprint density at radius 3 is 1.91 bits per heavy atom. The van der Waals surface area contributed by atoms with Crippen LogP contribution in [0.1, 0.15) is 11.5 Å². The van der Waals surface area contributed by atoms with Crippen LogP contribution in [0.4, 0.5) is 11.6 Å². The van der Waals surface area contributed by atoms with E-state index < -0.39 is 0 Å². The second-order valence-electron chi connectivity index (χ2n) is 11.5. The van der Waals surface area contributed by atoms with Crippen molar-refractivity contribution in [2.24, 2.45) is 0 Å². The fourth-order valence-corrected chi connectivity index (χ4v) is 7.05. The molecule has 2 aromatic heterocycles. The van der Waals surface area contributed by atoms with Crippen molar-refractivity contribution in [2.45, 2.75) is 12.0 Å². The number of hydrogen-bond donors (Lipinski definition) is 0. The summed E-state index contributed by atoms with van der Waals surface area (Å²) in [5.74, 6) is 0.885. The normalized spacial score (nSPS) is 16.9. The van der Waals surface area contributed by atoms with E-state index in [1.165, 1.54) is 38.5 Å². The average Bonchev–Trinajstić information content (AvgIpc) is 3.62. The molecular formula is C40H28N4. The standard InChI is InChI=1S/C40H28N4/c1-3-11-27(12-4-1)29-19-21-31(22-20-29)43-35-17-9-7-15-32(35)33-23-24-37-38(39(33)43)34-16-8-10-18-36(34)44(37)40-41-25-30(26-42-40)28-13-5-2-6-14-28/h1-26,34,36H. The van der Waals surface area contributed by atoms with Gasteiger partial charge in [-0.15, -0.1) is 0 Å². The van der Waals surface area contributed by atoms with Crippen molar-refractivity contribution in [1.29, 1.82) is 0 Å². The van der Waals surface area contributed by atoms with Crippen LogP contribution in [0.3, 0.4) is 0 Å². The summed E-state index contributed by atoms with van der Waals surface area (Å²) in [6.45, 7) is 0. The number of fused-ring (bicyclic) bond motifs is 7. The average molecular weight is 565 g/mol. The Bertz CT molecular complexity index is 2210. The molecule has 1 aliphatic carbocycles. The number of nitrogens with zero attached hydrogens (tertiary/aromatic N) is 4. The molecular weight excluding hydrogens is 536 g/mol. The summed E-state index contributed by atoms with van der Waals surface area (Å²) >= 11 is 0. The molecule has 0 spiro atoms. The number of anilines is 2. The topological polar surface area (TPSA) is 34.0 Å². The summed E-state index contributed by atoms with van der Waals surface area (Å²) in [4.78, 5) is 12.2. The van der Waals surface area contributed by atoms with Gasteiger partial charge < -0.3 is 9.47 Å². The van der Waals surface area contributed by atoms with Crippen molar-refractivity contribution in [3.63, 3.8) is 0 Å². The fourth-order valence-electron chi connectivity index (χ4n) is 7.05. The van der Waals surface area contributed by atoms with E-state index in [2.05, 4.69) is 137 Å². The van der Waals surface area contributed by atoms with Gasteiger partial charge in [0.2, 0.25) is 5.95 Å². The van der Waals surface area contributed by atoms with Gasteiger partial charge in [0, 0.05) is 45.9 Å². The molecule has 0 N–H and O–H groups in total. The molecule has 3 heterocycles. The van der Waals surface area contributed by atoms with E-state index in [4.69, 9.17) is 9.97 Å². The highest BCUT2D eigenvalue weighted by Crippen LogP contribution is 2.51. The van der Waals surface area contributed by atoms with E-state index in [1.54, 1.807) is 0 Å². The molecule has 0 radical (unpaired) electrons. The van der Waals surface area contributed by atoms with Crippen molar-refractivity contribution in [1.82, 2.24) is 14.5 Å². The van der Waals surface area contributed by atoms with Crippen LogP contribution >= 0.6 is 0 Å². The first-order chi connectivity index (χ1) is 21.8. The van der Waals surface area contributed by atoms with E-state index in [1.807, 2.05) is 30.6 Å². The third-order valence-electron chi connectivity index (χ3n) is 9.04. The highest BCUT2D eigenvalue weighted by molar-refractivity contribution is 6.12. The van der Waals surface area contributed by atoms with Crippen LogP contribution in [0.25, 0.3) is 49.7 Å². The summed E-state index contributed by atoms with van der Waals surface area (Å²) in [7, 11) is 0. The van der Waals surface area contributed by atoms with Gasteiger partial charge in [0.05, 0.1) is 22.8 Å². The van der Waals surface area contributed by atoms with Crippen LogP contribution in [0, 0.1) is 0 Å². The zero-order valence-corrected chi connectivity index (χ0v) is 24.0. The van der Waals surface area contributed by atoms with Crippen molar-refractivity contribution < 1.29 is 0 Å². The minimum Gasteiger partial charge on any atom is -0.309 e. The van der Waals surface area contributed by atoms with Crippen molar-refractivity contribution in [3.05, 3.63) is 164 Å². The van der Waals surface area contributed by atoms with E-state index in [-0.39, 0.29) is 12.0 Å². The zero-order chi connectivity index (χ0) is 29.0. The van der Waals surface area contributed by atoms with E-state index in [9.17, 15) is 0 Å². The lowest BCUT2D eigenvalue weighted by atomic mass is 9.90. The summed E-state index contributed by atoms with van der Waals surface area (Å²) < 4.78 is 2.45. The molecule has 9 rings (SSSR count). The van der Waals surface area contributed by atoms with Crippen LogP contribution in [-0.2, 0) is 0 Å². The third-order valence-corrected chi connectivity index (χ3v) is 9.04. The second-order valence-corrected chi connectivity index (χ2v) is 11.5. The molecule has 2 atom stereocenters. The Morgan fingerprint density at radius 2 is 1.16 bits per heavy atom. The first-order valence-electron chi connectivity index (χ1n) is 15.1. The van der Waals surface area contributed by atoms with Gasteiger partial charge in [-0.2, -0.15) is 0 Å². The van der Waals surface area contributed by atoms with Gasteiger partial charge in [-0.25, -0.2) is 9.97 Å². The van der Waals surface area contributed by atoms with Crippen molar-refractivity contribution in [2.75, 3.05) is 4.90 Å². The minimum absolute atomic E-state index is 0.0927. The minimum atomic E-state index is 0.0927. The fraction of sp³-hybridized carbons (Fsp3) is 0.0500. The summed E-state index contributed by atoms with van der Waals surface area (Å²) in [5.41, 5.74) is 10.6. The van der Waals surface area contributed by atoms with Gasteiger partial charge in [-0.1, -0.05) is 121 Å². The number of hydrogen-bond acceptors (Lipinski definition) is 3. The van der Waals surface area contributed by atoms with Crippen LogP contribution in [0.2, 0.25) is 0 Å². The molecule has 1 aliphatic heterocycles. The quantitative estimate of drug-likeness (QED) is 0.213. The molecule has 4 heteroatoms. The molecule has 0 saturated carbocycles. The number of rotatable bonds is 4. The van der Waals surface area contributed by atoms with E-state index in [0.717, 1.165) is 22.5 Å². The van der Waals surface area contributed by atoms with Crippen LogP contribution in [0.5, 0.6) is 0 Å². The van der Waals surface area contributed by atoms with Crippen molar-refractivity contribution in [3.8, 4) is 27.9 Å². The Kier molecular flexibility index (Phi) is 5.60. The molecule has 0 bridgehead atoms. The van der Waals surface area contributed by atoms with Crippen LogP contribution in [-0.4, -0.2) is 20.6 Å². The highest BCUT2D eigenvalue weighted by atomic mass is 15.3. The SMILES string of the molecule is C1=CC2c3c(ccc4c5ccccc5n(-c5ccc(-c6ccccc6)cc5)c34)N(c3ncc(-c4ccccc4)cn3)C2C=C1. The lowest BCUT2D eigenvalue weighted by molar-refractivity contribution is 0.730. The summed E-state index contributed by atoms with van der Waals surface area (Å²) in [6, 6.07) is 43.2. The van der Waals surface area contributed by atoms with Gasteiger partial charge >= 0.3 is 0 Å². The van der Waals surface area contributed by atoms with Gasteiger partial charge in [-0.3, -0.25) is 0 Å². The largest absolute Gasteiger partial charge is 0.309 e. The number of para-hydroxylation sites is 1. The van der Waals surface area contributed by atoms with Crippen LogP contribution < -0.4 is 4.90 Å². The maximum Gasteiger partial charge on any atom is 0.230 e. The number of benzene rings is 5. The molecule has 5 aromatic carbocycles. The zero-order valence-electron chi connectivity index (χ0n) is 24.0. The van der Waals surface area contributed by atoms with Gasteiger partial charge in [0.15, 0.2) is 0 Å². The first-order valence-corrected chi connectivity index (χ1v) is 15.1. The highest BCUT2D eigenvalue weighted by Gasteiger charge is 2.41. The lowest BCUT2D eigenvalue weighted by Crippen LogP contribution is -2.29. The van der Waals surface area contributed by atoms with E-state index >= 15 is 0 Å². The van der Waals surface area contributed by atoms with Gasteiger partial charge in [0.1, 0.15) is 0 Å². The lowest BCUT2D eigenvalue weighted by Gasteiger charge is -2.26. The predicted octanol–water partition coefficient (Wildman–Crippen LogP) is 9.64. The van der Waals surface area contributed by atoms with Gasteiger partial charge in [-0.05, 0) is 41.0 Å². The molecule has 7 aromatic rings. The molecule has 0 fully saturated rings. The third kappa shape index (κ3) is 3.78. The van der Waals surface area contributed by atoms with Crippen LogP contribution in [0.15, 0.2) is 158 Å². The molecule has 4 nitrogen and oxygen atoms in total. The Hall–Kier alpha value is -5.74. The Morgan fingerprint density at radius 1 is 0.523 bits per heavy atom. The first kappa shape index (κ1) is 24.8.